The van der Waals surface area contributed by atoms with Gasteiger partial charge in [-0.15, -0.1) is 0 Å². The first-order valence-corrected chi connectivity index (χ1v) is 6.71. The summed E-state index contributed by atoms with van der Waals surface area (Å²) in [5.74, 6) is 0.0647. The summed E-state index contributed by atoms with van der Waals surface area (Å²) >= 11 is 0. The normalized spacial score (nSPS) is 11.6. The summed E-state index contributed by atoms with van der Waals surface area (Å²) in [6, 6.07) is 11.0. The van der Waals surface area contributed by atoms with Crippen molar-refractivity contribution in [1.82, 2.24) is 9.38 Å². The Kier molecular flexibility index (Phi) is 3.77. The highest BCUT2D eigenvalue weighted by atomic mass is 19.4. The van der Waals surface area contributed by atoms with Gasteiger partial charge in [-0.2, -0.15) is 13.2 Å². The Morgan fingerprint density at radius 2 is 1.91 bits per heavy atom. The molecule has 23 heavy (non-hydrogen) atoms. The van der Waals surface area contributed by atoms with Gasteiger partial charge < -0.3 is 4.74 Å². The first-order chi connectivity index (χ1) is 10.9. The zero-order chi connectivity index (χ0) is 16.4. The number of nitrogens with zero attached hydrogens (tertiary/aromatic N) is 2. The van der Waals surface area contributed by atoms with Gasteiger partial charge in [-0.3, -0.25) is 9.20 Å². The molecule has 7 heteroatoms. The van der Waals surface area contributed by atoms with Crippen LogP contribution in [0.15, 0.2) is 59.5 Å². The van der Waals surface area contributed by atoms with Gasteiger partial charge in [-0.1, -0.05) is 12.1 Å². The van der Waals surface area contributed by atoms with Gasteiger partial charge in [0.25, 0.3) is 5.56 Å². The maximum absolute atomic E-state index is 12.6. The zero-order valence-electron chi connectivity index (χ0n) is 11.7. The van der Waals surface area contributed by atoms with Crippen molar-refractivity contribution in [2.45, 2.75) is 12.8 Å². The predicted molar refractivity (Wildman–Crippen MR) is 77.2 cm³/mol. The van der Waals surface area contributed by atoms with Crippen LogP contribution in [0.25, 0.3) is 5.65 Å². The third-order valence-corrected chi connectivity index (χ3v) is 3.17. The van der Waals surface area contributed by atoms with Crippen LogP contribution in [0, 0.1) is 0 Å². The second-order valence-corrected chi connectivity index (χ2v) is 4.83. The van der Waals surface area contributed by atoms with Gasteiger partial charge in [-0.25, -0.2) is 4.98 Å². The predicted octanol–water partition coefficient (Wildman–Crippen LogP) is 3.29. The molecular formula is C16H11F3N2O2. The van der Waals surface area contributed by atoms with Crippen molar-refractivity contribution in [2.75, 3.05) is 0 Å². The van der Waals surface area contributed by atoms with E-state index in [-0.39, 0.29) is 17.9 Å². The van der Waals surface area contributed by atoms with Crippen LogP contribution in [0.4, 0.5) is 13.2 Å². The first kappa shape index (κ1) is 15.1. The third kappa shape index (κ3) is 3.33. The van der Waals surface area contributed by atoms with E-state index in [1.807, 2.05) is 0 Å². The van der Waals surface area contributed by atoms with Crippen LogP contribution < -0.4 is 10.3 Å². The highest BCUT2D eigenvalue weighted by Crippen LogP contribution is 2.31. The van der Waals surface area contributed by atoms with Crippen molar-refractivity contribution < 1.29 is 17.9 Å². The van der Waals surface area contributed by atoms with Gasteiger partial charge in [0.05, 0.1) is 11.3 Å². The summed E-state index contributed by atoms with van der Waals surface area (Å²) in [7, 11) is 0. The quantitative estimate of drug-likeness (QED) is 0.744. The fourth-order valence-corrected chi connectivity index (χ4v) is 2.10. The van der Waals surface area contributed by atoms with E-state index in [0.717, 1.165) is 12.1 Å². The van der Waals surface area contributed by atoms with Gasteiger partial charge in [0.1, 0.15) is 18.0 Å². The topological polar surface area (TPSA) is 43.6 Å². The van der Waals surface area contributed by atoms with Crippen LogP contribution >= 0.6 is 0 Å². The van der Waals surface area contributed by atoms with Crippen LogP contribution in [-0.2, 0) is 12.8 Å². The van der Waals surface area contributed by atoms with Crippen molar-refractivity contribution in [3.63, 3.8) is 0 Å². The average Bonchev–Trinajstić information content (AvgIpc) is 2.52. The van der Waals surface area contributed by atoms with Crippen LogP contribution in [0.2, 0.25) is 0 Å². The smallest absolute Gasteiger partial charge is 0.416 e. The first-order valence-electron chi connectivity index (χ1n) is 6.71. The van der Waals surface area contributed by atoms with E-state index in [4.69, 9.17) is 4.74 Å². The van der Waals surface area contributed by atoms with Crippen molar-refractivity contribution in [2.24, 2.45) is 0 Å². The molecular weight excluding hydrogens is 309 g/mol. The molecule has 3 aromatic rings. The molecule has 0 aliphatic rings. The molecule has 0 saturated carbocycles. The Hall–Kier alpha value is -2.83. The number of ether oxygens (including phenoxy) is 1. The van der Waals surface area contributed by atoms with Gasteiger partial charge in [-0.05, 0) is 30.3 Å². The second kappa shape index (κ2) is 5.75. The maximum atomic E-state index is 12.6. The minimum absolute atomic E-state index is 0.0647. The van der Waals surface area contributed by atoms with E-state index in [2.05, 4.69) is 4.98 Å². The summed E-state index contributed by atoms with van der Waals surface area (Å²) in [6.07, 6.45) is -2.85. The molecule has 0 N–H and O–H groups in total. The van der Waals surface area contributed by atoms with Gasteiger partial charge in [0.15, 0.2) is 0 Å². The lowest BCUT2D eigenvalue weighted by Gasteiger charge is -2.10. The molecule has 2 heterocycles. The molecule has 2 aromatic heterocycles. The van der Waals surface area contributed by atoms with Gasteiger partial charge in [0, 0.05) is 12.3 Å². The number of hydrogen-bond donors (Lipinski definition) is 0. The largest absolute Gasteiger partial charge is 0.487 e. The van der Waals surface area contributed by atoms with E-state index in [9.17, 15) is 18.0 Å². The van der Waals surface area contributed by atoms with E-state index in [1.54, 1.807) is 24.4 Å². The molecule has 0 spiro atoms. The van der Waals surface area contributed by atoms with Crippen molar-refractivity contribution >= 4 is 5.65 Å². The van der Waals surface area contributed by atoms with E-state index in [0.29, 0.717) is 11.3 Å². The van der Waals surface area contributed by atoms with Gasteiger partial charge >= 0.3 is 6.18 Å². The molecule has 0 unspecified atom stereocenters. The van der Waals surface area contributed by atoms with Crippen molar-refractivity contribution in [3.8, 4) is 5.75 Å². The lowest BCUT2D eigenvalue weighted by atomic mass is 10.2. The fraction of sp³-hybridized carbons (Fsp3) is 0.125. The number of benzene rings is 1. The van der Waals surface area contributed by atoms with E-state index >= 15 is 0 Å². The highest BCUT2D eigenvalue weighted by molar-refractivity contribution is 5.38. The summed E-state index contributed by atoms with van der Waals surface area (Å²) in [5.41, 5.74) is -0.277. The van der Waals surface area contributed by atoms with Crippen LogP contribution in [0.1, 0.15) is 11.3 Å². The molecule has 118 valence electrons. The Morgan fingerprint density at radius 1 is 1.09 bits per heavy atom. The number of pyridine rings is 1. The lowest BCUT2D eigenvalue weighted by molar-refractivity contribution is -0.137. The molecule has 0 saturated heterocycles. The molecule has 1 aromatic carbocycles. The molecule has 0 radical (unpaired) electrons. The minimum Gasteiger partial charge on any atom is -0.487 e. The molecule has 0 bridgehead atoms. The Balaban J connectivity index is 1.83. The average molecular weight is 320 g/mol. The Bertz CT molecular complexity index is 903. The minimum atomic E-state index is -4.43. The van der Waals surface area contributed by atoms with E-state index < -0.39 is 11.7 Å². The number of aromatic nitrogens is 2. The van der Waals surface area contributed by atoms with Crippen molar-refractivity contribution in [1.29, 1.82) is 0 Å². The molecule has 0 aliphatic carbocycles. The third-order valence-electron chi connectivity index (χ3n) is 3.17. The molecule has 0 aliphatic heterocycles. The number of rotatable bonds is 3. The lowest BCUT2D eigenvalue weighted by Crippen LogP contribution is -2.16. The molecule has 3 rings (SSSR count). The number of alkyl halides is 3. The summed E-state index contributed by atoms with van der Waals surface area (Å²) < 4.78 is 44.6. The van der Waals surface area contributed by atoms with Crippen LogP contribution in [-0.4, -0.2) is 9.38 Å². The molecule has 0 fully saturated rings. The number of hydrogen-bond acceptors (Lipinski definition) is 3. The summed E-state index contributed by atoms with van der Waals surface area (Å²) in [4.78, 5) is 16.2. The van der Waals surface area contributed by atoms with Crippen molar-refractivity contribution in [3.05, 3.63) is 76.3 Å². The summed E-state index contributed by atoms with van der Waals surface area (Å²) in [6.45, 7) is -0.0953. The SMILES string of the molecule is O=c1cc(COc2cccc(C(F)(F)F)c2)nc2ccccn12. The van der Waals surface area contributed by atoms with Crippen LogP contribution in [0.5, 0.6) is 5.75 Å². The number of fused-ring (bicyclic) bond motifs is 1. The summed E-state index contributed by atoms with van der Waals surface area (Å²) in [5, 5.41) is 0. The standard InChI is InChI=1S/C16H11F3N2O2/c17-16(18,19)11-4-3-5-13(8-11)23-10-12-9-15(22)21-7-2-1-6-14(21)20-12/h1-9H,10H2. The van der Waals surface area contributed by atoms with Crippen LogP contribution in [0.3, 0.4) is 0 Å². The van der Waals surface area contributed by atoms with Gasteiger partial charge in [0.2, 0.25) is 0 Å². The molecule has 0 amide bonds. The Labute approximate surface area is 128 Å². The maximum Gasteiger partial charge on any atom is 0.416 e. The fourth-order valence-electron chi connectivity index (χ4n) is 2.10. The Morgan fingerprint density at radius 3 is 2.70 bits per heavy atom. The van der Waals surface area contributed by atoms with E-state index in [1.165, 1.54) is 22.6 Å². The monoisotopic (exact) mass is 320 g/mol. The second-order valence-electron chi connectivity index (χ2n) is 4.83. The number of halogens is 3. The highest BCUT2D eigenvalue weighted by Gasteiger charge is 2.30. The molecule has 0 atom stereocenters. The zero-order valence-corrected chi connectivity index (χ0v) is 11.7. The molecule has 4 nitrogen and oxygen atoms in total.